The second-order valence-corrected chi connectivity index (χ2v) is 8.15. The molecule has 0 saturated carbocycles. The van der Waals surface area contributed by atoms with Crippen molar-refractivity contribution < 1.29 is 8.42 Å². The number of fused-ring (bicyclic) bond motifs is 1. The Labute approximate surface area is 138 Å². The summed E-state index contributed by atoms with van der Waals surface area (Å²) in [6.45, 7) is 0.826. The third-order valence-electron chi connectivity index (χ3n) is 3.72. The van der Waals surface area contributed by atoms with E-state index in [-0.39, 0.29) is 6.04 Å². The molecule has 1 fully saturated rings. The summed E-state index contributed by atoms with van der Waals surface area (Å²) in [4.78, 5) is 14.9. The highest BCUT2D eigenvalue weighted by Gasteiger charge is 2.26. The Bertz CT molecular complexity index is 797. The van der Waals surface area contributed by atoms with Gasteiger partial charge in [-0.25, -0.2) is 15.1 Å². The van der Waals surface area contributed by atoms with Crippen LogP contribution in [0.2, 0.25) is 0 Å². The van der Waals surface area contributed by atoms with Crippen LogP contribution in [0, 0.1) is 0 Å². The highest BCUT2D eigenvalue weighted by atomic mass is 32.2. The molecule has 1 aliphatic heterocycles. The molecule has 2 aromatic rings. The summed E-state index contributed by atoms with van der Waals surface area (Å²) in [7, 11) is 0.267. The Kier molecular flexibility index (Phi) is 4.36. The zero-order chi connectivity index (χ0) is 16.6. The number of aromatic nitrogens is 3. The Hall–Kier alpha value is -1.56. The average molecular weight is 357 g/mol. The minimum atomic E-state index is -3.60. The Morgan fingerprint density at radius 1 is 1.35 bits per heavy atom. The summed E-state index contributed by atoms with van der Waals surface area (Å²) in [5, 5.41) is 9.41. The van der Waals surface area contributed by atoms with E-state index in [1.807, 2.05) is 19.0 Å². The summed E-state index contributed by atoms with van der Waals surface area (Å²) in [6.07, 6.45) is 2.85. The van der Waals surface area contributed by atoms with Gasteiger partial charge in [0.1, 0.15) is 16.8 Å². The van der Waals surface area contributed by atoms with Gasteiger partial charge in [0.2, 0.25) is 0 Å². The molecule has 0 aliphatic carbocycles. The maximum atomic E-state index is 11.3. The predicted molar refractivity (Wildman–Crippen MR) is 90.9 cm³/mol. The summed E-state index contributed by atoms with van der Waals surface area (Å²) in [5.41, 5.74) is 0.665. The van der Waals surface area contributed by atoms with Gasteiger partial charge in [-0.3, -0.25) is 0 Å². The first-order valence-electron chi connectivity index (χ1n) is 7.18. The van der Waals surface area contributed by atoms with Crippen molar-refractivity contribution in [3.05, 3.63) is 6.33 Å². The average Bonchev–Trinajstić information content (AvgIpc) is 2.92. The lowest BCUT2D eigenvalue weighted by molar-refractivity contribution is 0.330. The molecule has 1 saturated heterocycles. The van der Waals surface area contributed by atoms with Gasteiger partial charge in [-0.1, -0.05) is 11.3 Å². The number of hydrogen-bond acceptors (Lipinski definition) is 8. The maximum absolute atomic E-state index is 11.3. The number of nitrogens with one attached hydrogen (secondary N) is 1. The molecule has 0 spiro atoms. The molecule has 0 bridgehead atoms. The minimum absolute atomic E-state index is 0.149. The zero-order valence-corrected chi connectivity index (χ0v) is 14.6. The summed E-state index contributed by atoms with van der Waals surface area (Å²) < 4.78 is 24.9. The standard InChI is InChI=1S/C12H19N7O2S2/c1-18(2)12-17-11-9(22-12)10(14-7-15-11)16-8-3-5-19(6-4-8)23(13,20)21/h7-8H,3-6H2,1-2H3,(H2,13,20,21)(H,14,15,16). The fraction of sp³-hybridized carbons (Fsp3) is 0.583. The van der Waals surface area contributed by atoms with Gasteiger partial charge < -0.3 is 10.2 Å². The minimum Gasteiger partial charge on any atom is -0.366 e. The van der Waals surface area contributed by atoms with Crippen LogP contribution in [0.3, 0.4) is 0 Å². The van der Waals surface area contributed by atoms with Crippen molar-refractivity contribution in [2.45, 2.75) is 18.9 Å². The van der Waals surface area contributed by atoms with Gasteiger partial charge in [-0.05, 0) is 12.8 Å². The van der Waals surface area contributed by atoms with Crippen molar-refractivity contribution in [1.29, 1.82) is 0 Å². The second kappa shape index (κ2) is 6.15. The van der Waals surface area contributed by atoms with Crippen LogP contribution in [0.5, 0.6) is 0 Å². The van der Waals surface area contributed by atoms with E-state index in [1.165, 1.54) is 22.0 Å². The fourth-order valence-electron chi connectivity index (χ4n) is 2.48. The number of anilines is 2. The van der Waals surface area contributed by atoms with Gasteiger partial charge in [0, 0.05) is 33.2 Å². The highest BCUT2D eigenvalue weighted by Crippen LogP contribution is 2.31. The molecule has 0 aromatic carbocycles. The van der Waals surface area contributed by atoms with Crippen LogP contribution in [-0.2, 0) is 10.2 Å². The quantitative estimate of drug-likeness (QED) is 0.804. The molecule has 1 aliphatic rings. The number of hydrogen-bond donors (Lipinski definition) is 2. The number of nitrogens with zero attached hydrogens (tertiary/aromatic N) is 5. The first-order valence-corrected chi connectivity index (χ1v) is 9.50. The van der Waals surface area contributed by atoms with Crippen molar-refractivity contribution in [2.24, 2.45) is 5.14 Å². The van der Waals surface area contributed by atoms with Crippen LogP contribution in [0.1, 0.15) is 12.8 Å². The SMILES string of the molecule is CN(C)c1nc2ncnc(NC3CCN(S(N)(=O)=O)CC3)c2s1. The Balaban J connectivity index is 1.75. The Morgan fingerprint density at radius 3 is 2.65 bits per heavy atom. The van der Waals surface area contributed by atoms with E-state index in [0.717, 1.165) is 15.6 Å². The zero-order valence-electron chi connectivity index (χ0n) is 12.9. The summed E-state index contributed by atoms with van der Waals surface area (Å²) >= 11 is 1.53. The molecular formula is C12H19N7O2S2. The van der Waals surface area contributed by atoms with E-state index in [1.54, 1.807) is 0 Å². The molecule has 3 rings (SSSR count). The molecule has 0 radical (unpaired) electrons. The predicted octanol–water partition coefficient (Wildman–Crippen LogP) is 0.232. The van der Waals surface area contributed by atoms with Gasteiger partial charge in [-0.2, -0.15) is 17.7 Å². The first kappa shape index (κ1) is 16.3. The van der Waals surface area contributed by atoms with E-state index < -0.39 is 10.2 Å². The third-order valence-corrected chi connectivity index (χ3v) is 6.02. The van der Waals surface area contributed by atoms with Gasteiger partial charge in [0.05, 0.1) is 0 Å². The van der Waals surface area contributed by atoms with Crippen LogP contribution < -0.4 is 15.4 Å². The van der Waals surface area contributed by atoms with Crippen LogP contribution >= 0.6 is 11.3 Å². The molecule has 0 amide bonds. The maximum Gasteiger partial charge on any atom is 0.276 e. The van der Waals surface area contributed by atoms with Crippen LogP contribution in [0.25, 0.3) is 10.3 Å². The fourth-order valence-corrected chi connectivity index (χ4v) is 4.10. The van der Waals surface area contributed by atoms with Crippen LogP contribution in [-0.4, -0.2) is 60.9 Å². The van der Waals surface area contributed by atoms with Crippen molar-refractivity contribution >= 4 is 42.8 Å². The normalized spacial score (nSPS) is 17.5. The number of nitrogens with two attached hydrogens (primary N) is 1. The van der Waals surface area contributed by atoms with Crippen LogP contribution in [0.4, 0.5) is 10.9 Å². The smallest absolute Gasteiger partial charge is 0.276 e. The molecule has 2 aromatic heterocycles. The molecule has 0 atom stereocenters. The van der Waals surface area contributed by atoms with Gasteiger partial charge >= 0.3 is 0 Å². The lowest BCUT2D eigenvalue weighted by Gasteiger charge is -2.30. The molecule has 3 N–H and O–H groups in total. The van der Waals surface area contributed by atoms with Gasteiger partial charge in [-0.15, -0.1) is 0 Å². The molecule has 11 heteroatoms. The van der Waals surface area contributed by atoms with Crippen molar-refractivity contribution in [3.8, 4) is 0 Å². The van der Waals surface area contributed by atoms with E-state index >= 15 is 0 Å². The molecule has 126 valence electrons. The van der Waals surface area contributed by atoms with Crippen molar-refractivity contribution in [1.82, 2.24) is 19.3 Å². The van der Waals surface area contributed by atoms with E-state index in [9.17, 15) is 8.42 Å². The molecular weight excluding hydrogens is 338 g/mol. The molecule has 9 nitrogen and oxygen atoms in total. The van der Waals surface area contributed by atoms with Gasteiger partial charge in [0.25, 0.3) is 10.2 Å². The largest absolute Gasteiger partial charge is 0.366 e. The lowest BCUT2D eigenvalue weighted by atomic mass is 10.1. The number of rotatable bonds is 4. The first-order chi connectivity index (χ1) is 10.8. The van der Waals surface area contributed by atoms with Crippen LogP contribution in [0.15, 0.2) is 6.33 Å². The number of thiazole rings is 1. The van der Waals surface area contributed by atoms with Crippen molar-refractivity contribution in [3.63, 3.8) is 0 Å². The topological polar surface area (TPSA) is 117 Å². The molecule has 3 heterocycles. The highest BCUT2D eigenvalue weighted by molar-refractivity contribution is 7.86. The molecule has 0 unspecified atom stereocenters. The third kappa shape index (κ3) is 3.52. The van der Waals surface area contributed by atoms with Crippen molar-refractivity contribution in [2.75, 3.05) is 37.4 Å². The molecule has 23 heavy (non-hydrogen) atoms. The number of piperidine rings is 1. The van der Waals surface area contributed by atoms with Gasteiger partial charge in [0.15, 0.2) is 10.8 Å². The Morgan fingerprint density at radius 2 is 2.04 bits per heavy atom. The summed E-state index contributed by atoms with van der Waals surface area (Å²) in [6, 6.07) is 0.149. The lowest BCUT2D eigenvalue weighted by Crippen LogP contribution is -2.45. The second-order valence-electron chi connectivity index (χ2n) is 5.63. The van der Waals surface area contributed by atoms with E-state index in [4.69, 9.17) is 5.14 Å². The monoisotopic (exact) mass is 357 g/mol. The van der Waals surface area contributed by atoms with E-state index in [0.29, 0.717) is 31.6 Å². The van der Waals surface area contributed by atoms with E-state index in [2.05, 4.69) is 20.3 Å². The summed E-state index contributed by atoms with van der Waals surface area (Å²) in [5.74, 6) is 0.745.